The van der Waals surface area contributed by atoms with Crippen molar-refractivity contribution in [1.82, 2.24) is 15.6 Å². The maximum Gasteiger partial charge on any atom is 0.191 e. The Labute approximate surface area is 161 Å². The Kier molecular flexibility index (Phi) is 8.55. The molecule has 0 bridgehead atoms. The van der Waals surface area contributed by atoms with E-state index in [1.165, 1.54) is 0 Å². The number of rotatable bonds is 9. The molecule has 0 aliphatic carbocycles. The summed E-state index contributed by atoms with van der Waals surface area (Å²) in [6.07, 6.45) is 3.77. The van der Waals surface area contributed by atoms with E-state index in [1.807, 2.05) is 44.2 Å². The monoisotopic (exact) mass is 371 g/mol. The van der Waals surface area contributed by atoms with Crippen LogP contribution in [0.2, 0.25) is 0 Å². The van der Waals surface area contributed by atoms with Crippen LogP contribution >= 0.6 is 0 Å². The molecule has 1 aromatic carbocycles. The van der Waals surface area contributed by atoms with E-state index >= 15 is 0 Å². The molecule has 1 atom stereocenters. The summed E-state index contributed by atoms with van der Waals surface area (Å²) in [5.74, 6) is 1.47. The van der Waals surface area contributed by atoms with E-state index in [0.29, 0.717) is 5.56 Å². The molecule has 0 aliphatic rings. The highest BCUT2D eigenvalue weighted by molar-refractivity contribution is 5.80. The lowest BCUT2D eigenvalue weighted by Gasteiger charge is -2.18. The van der Waals surface area contributed by atoms with Crippen LogP contribution in [0, 0.1) is 12.7 Å². The van der Waals surface area contributed by atoms with Crippen molar-refractivity contribution in [1.29, 1.82) is 0 Å². The number of hydrogen-bond acceptors (Lipinski definition) is 3. The smallest absolute Gasteiger partial charge is 0.191 e. The maximum atomic E-state index is 13.8. The standard InChI is InChI=1S/C21H30FN5/c1-4-23-21(27-17(3)18-11-10-16(2)19(22)15-18)26-14-8-7-13-25-20-9-5-6-12-24-20/h5-6,9-12,15,17H,4,7-8,13-14H2,1-3H3,(H,24,25)(H2,23,26,27). The predicted molar refractivity (Wildman–Crippen MR) is 111 cm³/mol. The summed E-state index contributed by atoms with van der Waals surface area (Å²) in [7, 11) is 0. The zero-order chi connectivity index (χ0) is 19.5. The van der Waals surface area contributed by atoms with Gasteiger partial charge in [-0.15, -0.1) is 0 Å². The third kappa shape index (κ3) is 7.25. The largest absolute Gasteiger partial charge is 0.370 e. The summed E-state index contributed by atoms with van der Waals surface area (Å²) in [4.78, 5) is 8.86. The van der Waals surface area contributed by atoms with Crippen molar-refractivity contribution in [2.24, 2.45) is 4.99 Å². The summed E-state index contributed by atoms with van der Waals surface area (Å²) in [6.45, 7) is 8.19. The molecule has 1 heterocycles. The number of halogens is 1. The molecule has 6 heteroatoms. The number of unbranched alkanes of at least 4 members (excludes halogenated alkanes) is 1. The topological polar surface area (TPSA) is 61.3 Å². The zero-order valence-corrected chi connectivity index (χ0v) is 16.4. The minimum absolute atomic E-state index is 0.0243. The Hall–Kier alpha value is -2.63. The molecule has 0 amide bonds. The first-order valence-corrected chi connectivity index (χ1v) is 9.56. The van der Waals surface area contributed by atoms with Gasteiger partial charge in [0.15, 0.2) is 5.96 Å². The van der Waals surface area contributed by atoms with Gasteiger partial charge in [0.2, 0.25) is 0 Å². The first-order valence-electron chi connectivity index (χ1n) is 9.56. The van der Waals surface area contributed by atoms with Crippen LogP contribution in [0.15, 0.2) is 47.6 Å². The first kappa shape index (κ1) is 20.7. The Morgan fingerprint density at radius 2 is 2.07 bits per heavy atom. The minimum Gasteiger partial charge on any atom is -0.370 e. The molecule has 1 unspecified atom stereocenters. The molecular weight excluding hydrogens is 341 g/mol. The van der Waals surface area contributed by atoms with Crippen LogP contribution < -0.4 is 16.0 Å². The molecule has 1 aromatic heterocycles. The van der Waals surface area contributed by atoms with Crippen LogP contribution in [0.5, 0.6) is 0 Å². The Morgan fingerprint density at radius 1 is 1.22 bits per heavy atom. The van der Waals surface area contributed by atoms with Gasteiger partial charge < -0.3 is 16.0 Å². The predicted octanol–water partition coefficient (Wildman–Crippen LogP) is 4.04. The van der Waals surface area contributed by atoms with Gasteiger partial charge in [0.25, 0.3) is 0 Å². The van der Waals surface area contributed by atoms with Gasteiger partial charge in [-0.2, -0.15) is 0 Å². The molecule has 0 aliphatic heterocycles. The quantitative estimate of drug-likeness (QED) is 0.354. The average molecular weight is 372 g/mol. The Bertz CT molecular complexity index is 718. The molecule has 0 spiro atoms. The van der Waals surface area contributed by atoms with Crippen LogP contribution in [-0.4, -0.2) is 30.6 Å². The van der Waals surface area contributed by atoms with Crippen molar-refractivity contribution in [2.45, 2.75) is 39.7 Å². The lowest BCUT2D eigenvalue weighted by atomic mass is 10.1. The fraction of sp³-hybridized carbons (Fsp3) is 0.429. The highest BCUT2D eigenvalue weighted by Gasteiger charge is 2.09. The molecule has 5 nitrogen and oxygen atoms in total. The molecule has 2 rings (SSSR count). The highest BCUT2D eigenvalue weighted by Crippen LogP contribution is 2.16. The molecule has 0 radical (unpaired) electrons. The number of hydrogen-bond donors (Lipinski definition) is 3. The number of benzene rings is 1. The number of aliphatic imine (C=N–C) groups is 1. The van der Waals surface area contributed by atoms with Gasteiger partial charge in [0.1, 0.15) is 11.6 Å². The summed E-state index contributed by atoms with van der Waals surface area (Å²) in [5, 5.41) is 9.88. The molecule has 0 saturated carbocycles. The van der Waals surface area contributed by atoms with Gasteiger partial charge in [0.05, 0.1) is 6.04 Å². The van der Waals surface area contributed by atoms with E-state index in [1.54, 1.807) is 19.2 Å². The van der Waals surface area contributed by atoms with Crippen LogP contribution in [0.3, 0.4) is 0 Å². The molecular formula is C21H30FN5. The fourth-order valence-electron chi connectivity index (χ4n) is 2.60. The van der Waals surface area contributed by atoms with E-state index in [2.05, 4.69) is 25.9 Å². The van der Waals surface area contributed by atoms with E-state index in [0.717, 1.165) is 49.8 Å². The van der Waals surface area contributed by atoms with E-state index in [4.69, 9.17) is 0 Å². The van der Waals surface area contributed by atoms with Gasteiger partial charge in [-0.3, -0.25) is 4.99 Å². The second-order valence-corrected chi connectivity index (χ2v) is 6.48. The maximum absolute atomic E-state index is 13.8. The first-order chi connectivity index (χ1) is 13.1. The molecule has 0 fully saturated rings. The van der Waals surface area contributed by atoms with Gasteiger partial charge in [0, 0.05) is 25.8 Å². The molecule has 146 valence electrons. The van der Waals surface area contributed by atoms with Gasteiger partial charge in [-0.05, 0) is 62.9 Å². The fourth-order valence-corrected chi connectivity index (χ4v) is 2.60. The zero-order valence-electron chi connectivity index (χ0n) is 16.4. The number of guanidine groups is 1. The van der Waals surface area contributed by atoms with Crippen molar-refractivity contribution >= 4 is 11.8 Å². The minimum atomic E-state index is -0.177. The lowest BCUT2D eigenvalue weighted by Crippen LogP contribution is -2.38. The summed E-state index contributed by atoms with van der Waals surface area (Å²) >= 11 is 0. The second-order valence-electron chi connectivity index (χ2n) is 6.48. The van der Waals surface area contributed by atoms with Crippen LogP contribution in [-0.2, 0) is 0 Å². The van der Waals surface area contributed by atoms with Crippen molar-refractivity contribution < 1.29 is 4.39 Å². The van der Waals surface area contributed by atoms with Crippen LogP contribution in [0.4, 0.5) is 10.2 Å². The average Bonchev–Trinajstić information content (AvgIpc) is 2.67. The normalized spacial score (nSPS) is 12.5. The Balaban J connectivity index is 1.78. The third-order valence-corrected chi connectivity index (χ3v) is 4.22. The summed E-state index contributed by atoms with van der Waals surface area (Å²) < 4.78 is 13.8. The van der Waals surface area contributed by atoms with E-state index < -0.39 is 0 Å². The number of aryl methyl sites for hydroxylation is 1. The third-order valence-electron chi connectivity index (χ3n) is 4.22. The molecule has 3 N–H and O–H groups in total. The number of anilines is 1. The van der Waals surface area contributed by atoms with Crippen LogP contribution in [0.1, 0.15) is 43.9 Å². The molecule has 2 aromatic rings. The summed E-state index contributed by atoms with van der Waals surface area (Å²) in [5.41, 5.74) is 1.56. The molecule has 0 saturated heterocycles. The van der Waals surface area contributed by atoms with Gasteiger partial charge >= 0.3 is 0 Å². The van der Waals surface area contributed by atoms with E-state index in [-0.39, 0.29) is 11.9 Å². The van der Waals surface area contributed by atoms with Crippen molar-refractivity contribution in [3.05, 3.63) is 59.5 Å². The van der Waals surface area contributed by atoms with Crippen molar-refractivity contribution in [2.75, 3.05) is 25.0 Å². The second kappa shape index (κ2) is 11.2. The number of nitrogens with zero attached hydrogens (tertiary/aromatic N) is 2. The number of nitrogens with one attached hydrogen (secondary N) is 3. The number of aromatic nitrogens is 1. The van der Waals surface area contributed by atoms with Crippen molar-refractivity contribution in [3.63, 3.8) is 0 Å². The Morgan fingerprint density at radius 3 is 2.78 bits per heavy atom. The molecule has 27 heavy (non-hydrogen) atoms. The van der Waals surface area contributed by atoms with Gasteiger partial charge in [-0.1, -0.05) is 18.2 Å². The van der Waals surface area contributed by atoms with E-state index in [9.17, 15) is 4.39 Å². The van der Waals surface area contributed by atoms with Crippen LogP contribution in [0.25, 0.3) is 0 Å². The van der Waals surface area contributed by atoms with Crippen molar-refractivity contribution in [3.8, 4) is 0 Å². The highest BCUT2D eigenvalue weighted by atomic mass is 19.1. The SMILES string of the molecule is CCNC(=NCCCCNc1ccccn1)NC(C)c1ccc(C)c(F)c1. The van der Waals surface area contributed by atoms with Gasteiger partial charge in [-0.25, -0.2) is 9.37 Å². The summed E-state index contributed by atoms with van der Waals surface area (Å²) in [6, 6.07) is 11.1. The number of pyridine rings is 1. The lowest BCUT2D eigenvalue weighted by molar-refractivity contribution is 0.607.